The Balaban J connectivity index is 0.00000225. The fourth-order valence-electron chi connectivity index (χ4n) is 1.44. The molecule has 0 bridgehead atoms. The minimum Gasteiger partial charge on any atom is -0.489 e. The van der Waals surface area contributed by atoms with Gasteiger partial charge >= 0.3 is 5.97 Å². The van der Waals surface area contributed by atoms with E-state index >= 15 is 0 Å². The van der Waals surface area contributed by atoms with Crippen LogP contribution in [-0.4, -0.2) is 17.7 Å². The van der Waals surface area contributed by atoms with Crippen LogP contribution in [0.2, 0.25) is 0 Å². The second-order valence-electron chi connectivity index (χ2n) is 3.34. The van der Waals surface area contributed by atoms with E-state index in [1.807, 2.05) is 13.8 Å². The molecule has 0 spiro atoms. The molecule has 1 aromatic rings. The average Bonchev–Trinajstić information content (AvgIpc) is 2.16. The lowest BCUT2D eigenvalue weighted by atomic mass is 10.1. The molecule has 0 aliphatic carbocycles. The summed E-state index contributed by atoms with van der Waals surface area (Å²) in [6.07, 6.45) is 1.66. The van der Waals surface area contributed by atoms with Gasteiger partial charge in [-0.3, -0.25) is 0 Å². The highest BCUT2D eigenvalue weighted by molar-refractivity contribution is 5.88. The second kappa shape index (κ2) is 6.18. The van der Waals surface area contributed by atoms with Crippen molar-refractivity contribution in [3.05, 3.63) is 41.5 Å². The summed E-state index contributed by atoms with van der Waals surface area (Å²) in [5, 5.41) is 8.84. The monoisotopic (exact) mass is 242 g/mol. The SMILES string of the molecule is C=CCOc1c(C)cc(C(=O)O)cc1C.Cl. The van der Waals surface area contributed by atoms with Crippen molar-refractivity contribution in [3.8, 4) is 5.75 Å². The molecule has 0 aromatic heterocycles. The molecule has 0 aliphatic rings. The van der Waals surface area contributed by atoms with Crippen LogP contribution in [0.5, 0.6) is 5.75 Å². The van der Waals surface area contributed by atoms with Crippen molar-refractivity contribution in [2.45, 2.75) is 13.8 Å². The lowest BCUT2D eigenvalue weighted by Crippen LogP contribution is -2.02. The molecule has 0 radical (unpaired) electrons. The molecule has 0 saturated carbocycles. The van der Waals surface area contributed by atoms with E-state index in [1.54, 1.807) is 18.2 Å². The third-order valence-corrected chi connectivity index (χ3v) is 2.05. The molecule has 4 heteroatoms. The summed E-state index contributed by atoms with van der Waals surface area (Å²) in [5.74, 6) is -0.184. The maximum Gasteiger partial charge on any atom is 0.335 e. The minimum atomic E-state index is -0.920. The van der Waals surface area contributed by atoms with Gasteiger partial charge in [0.05, 0.1) is 5.56 Å². The van der Waals surface area contributed by atoms with E-state index in [9.17, 15) is 4.79 Å². The first-order chi connectivity index (χ1) is 7.06. The molecular weight excluding hydrogens is 228 g/mol. The summed E-state index contributed by atoms with van der Waals surface area (Å²) in [6, 6.07) is 3.21. The molecule has 88 valence electrons. The number of ether oxygens (including phenoxy) is 1. The molecule has 1 rings (SSSR count). The van der Waals surface area contributed by atoms with Crippen molar-refractivity contribution < 1.29 is 14.6 Å². The van der Waals surface area contributed by atoms with E-state index in [0.29, 0.717) is 6.61 Å². The van der Waals surface area contributed by atoms with E-state index in [1.165, 1.54) is 0 Å². The van der Waals surface area contributed by atoms with Gasteiger partial charge in [-0.2, -0.15) is 0 Å². The summed E-state index contributed by atoms with van der Waals surface area (Å²) >= 11 is 0. The summed E-state index contributed by atoms with van der Waals surface area (Å²) in [7, 11) is 0. The van der Waals surface area contributed by atoms with E-state index < -0.39 is 5.97 Å². The average molecular weight is 243 g/mol. The molecule has 3 nitrogen and oxygen atoms in total. The molecule has 0 amide bonds. The Morgan fingerprint density at radius 2 is 1.94 bits per heavy atom. The Hall–Kier alpha value is -1.48. The van der Waals surface area contributed by atoms with Gasteiger partial charge in [-0.1, -0.05) is 12.7 Å². The Morgan fingerprint density at radius 3 is 2.31 bits per heavy atom. The largest absolute Gasteiger partial charge is 0.489 e. The fourth-order valence-corrected chi connectivity index (χ4v) is 1.44. The number of halogens is 1. The first kappa shape index (κ1) is 14.5. The number of hydrogen-bond acceptors (Lipinski definition) is 2. The quantitative estimate of drug-likeness (QED) is 0.826. The van der Waals surface area contributed by atoms with Crippen molar-refractivity contribution in [1.29, 1.82) is 0 Å². The molecule has 0 unspecified atom stereocenters. The first-order valence-electron chi connectivity index (χ1n) is 4.64. The van der Waals surface area contributed by atoms with Gasteiger partial charge in [0.25, 0.3) is 0 Å². The van der Waals surface area contributed by atoms with E-state index in [4.69, 9.17) is 9.84 Å². The first-order valence-corrected chi connectivity index (χ1v) is 4.64. The second-order valence-corrected chi connectivity index (χ2v) is 3.34. The van der Waals surface area contributed by atoms with Crippen molar-refractivity contribution in [2.75, 3.05) is 6.61 Å². The summed E-state index contributed by atoms with van der Waals surface area (Å²) in [5.41, 5.74) is 1.94. The molecule has 1 aromatic carbocycles. The maximum absolute atomic E-state index is 10.8. The van der Waals surface area contributed by atoms with Crippen LogP contribution >= 0.6 is 12.4 Å². The van der Waals surface area contributed by atoms with Crippen LogP contribution in [0.15, 0.2) is 24.8 Å². The minimum absolute atomic E-state index is 0. The summed E-state index contributed by atoms with van der Waals surface area (Å²) in [6.45, 7) is 7.65. The number of hydrogen-bond donors (Lipinski definition) is 1. The van der Waals surface area contributed by atoms with Crippen LogP contribution in [-0.2, 0) is 0 Å². The molecule has 0 aliphatic heterocycles. The van der Waals surface area contributed by atoms with Gasteiger partial charge in [0.15, 0.2) is 0 Å². The zero-order chi connectivity index (χ0) is 11.4. The van der Waals surface area contributed by atoms with Gasteiger partial charge in [0.2, 0.25) is 0 Å². The Bertz CT molecular complexity index is 376. The predicted octanol–water partition coefficient (Wildman–Crippen LogP) is 2.99. The highest BCUT2D eigenvalue weighted by Gasteiger charge is 2.09. The van der Waals surface area contributed by atoms with Crippen molar-refractivity contribution >= 4 is 18.4 Å². The Kier molecular flexibility index (Phi) is 5.61. The van der Waals surface area contributed by atoms with E-state index in [2.05, 4.69) is 6.58 Å². The van der Waals surface area contributed by atoms with Crippen LogP contribution < -0.4 is 4.74 Å². The molecule has 16 heavy (non-hydrogen) atoms. The number of aromatic carboxylic acids is 1. The normalized spacial score (nSPS) is 9.12. The van der Waals surface area contributed by atoms with E-state index in [-0.39, 0.29) is 18.0 Å². The van der Waals surface area contributed by atoms with Gasteiger partial charge in [-0.05, 0) is 37.1 Å². The molecular formula is C12H15ClO3. The predicted molar refractivity (Wildman–Crippen MR) is 65.8 cm³/mol. The molecule has 0 heterocycles. The zero-order valence-corrected chi connectivity index (χ0v) is 10.1. The van der Waals surface area contributed by atoms with Gasteiger partial charge < -0.3 is 9.84 Å². The topological polar surface area (TPSA) is 46.5 Å². The summed E-state index contributed by atoms with van der Waals surface area (Å²) in [4.78, 5) is 10.8. The zero-order valence-electron chi connectivity index (χ0n) is 9.32. The number of carboxylic acid groups (broad SMARTS) is 1. The third kappa shape index (κ3) is 3.28. The van der Waals surface area contributed by atoms with Crippen LogP contribution in [0.1, 0.15) is 21.5 Å². The van der Waals surface area contributed by atoms with Crippen LogP contribution in [0.25, 0.3) is 0 Å². The van der Waals surface area contributed by atoms with Crippen molar-refractivity contribution in [3.63, 3.8) is 0 Å². The highest BCUT2D eigenvalue weighted by atomic mass is 35.5. The molecule has 1 N–H and O–H groups in total. The molecule has 0 atom stereocenters. The maximum atomic E-state index is 10.8. The standard InChI is InChI=1S/C12H14O3.ClH/c1-4-5-15-11-8(2)6-10(12(13)14)7-9(11)3;/h4,6-7H,1,5H2,2-3H3,(H,13,14);1H. The lowest BCUT2D eigenvalue weighted by molar-refractivity contribution is 0.0696. The molecule has 0 fully saturated rings. The van der Waals surface area contributed by atoms with Crippen molar-refractivity contribution in [1.82, 2.24) is 0 Å². The third-order valence-electron chi connectivity index (χ3n) is 2.05. The van der Waals surface area contributed by atoms with Gasteiger partial charge in [-0.15, -0.1) is 12.4 Å². The Morgan fingerprint density at radius 1 is 1.44 bits per heavy atom. The number of carboxylic acids is 1. The van der Waals surface area contributed by atoms with Crippen molar-refractivity contribution in [2.24, 2.45) is 0 Å². The van der Waals surface area contributed by atoms with Gasteiger partial charge in [0.1, 0.15) is 12.4 Å². The van der Waals surface area contributed by atoms with Gasteiger partial charge in [0, 0.05) is 0 Å². The van der Waals surface area contributed by atoms with Crippen LogP contribution in [0.3, 0.4) is 0 Å². The lowest BCUT2D eigenvalue weighted by Gasteiger charge is -2.11. The van der Waals surface area contributed by atoms with Crippen LogP contribution in [0.4, 0.5) is 0 Å². The number of rotatable bonds is 4. The fraction of sp³-hybridized carbons (Fsp3) is 0.250. The Labute approximate surface area is 101 Å². The van der Waals surface area contributed by atoms with Gasteiger partial charge in [-0.25, -0.2) is 4.79 Å². The summed E-state index contributed by atoms with van der Waals surface area (Å²) < 4.78 is 5.44. The van der Waals surface area contributed by atoms with E-state index in [0.717, 1.165) is 16.9 Å². The number of carbonyl (C=O) groups is 1. The highest BCUT2D eigenvalue weighted by Crippen LogP contribution is 2.24. The number of benzene rings is 1. The smallest absolute Gasteiger partial charge is 0.335 e. The number of aryl methyl sites for hydroxylation is 2. The van der Waals surface area contributed by atoms with Crippen LogP contribution in [0, 0.1) is 13.8 Å². The molecule has 0 saturated heterocycles.